The van der Waals surface area contributed by atoms with Crippen molar-refractivity contribution in [2.75, 3.05) is 43.9 Å². The molecule has 0 spiro atoms. The van der Waals surface area contributed by atoms with E-state index in [1.54, 1.807) is 11.4 Å². The minimum Gasteiger partial charge on any atom is -0.501 e. The van der Waals surface area contributed by atoms with Crippen LogP contribution in [0.5, 0.6) is 0 Å². The van der Waals surface area contributed by atoms with Gasteiger partial charge < -0.3 is 9.64 Å². The first-order chi connectivity index (χ1) is 14.2. The van der Waals surface area contributed by atoms with E-state index >= 15 is 0 Å². The van der Waals surface area contributed by atoms with Crippen LogP contribution in [0, 0.1) is 23.7 Å². The lowest BCUT2D eigenvalue weighted by Gasteiger charge is -2.42. The molecule has 0 amide bonds. The van der Waals surface area contributed by atoms with Gasteiger partial charge in [0.25, 0.3) is 0 Å². The number of rotatable bonds is 5. The van der Waals surface area contributed by atoms with Gasteiger partial charge in [0.2, 0.25) is 10.0 Å². The van der Waals surface area contributed by atoms with Gasteiger partial charge in [0, 0.05) is 43.4 Å². The van der Waals surface area contributed by atoms with Gasteiger partial charge in [0.05, 0.1) is 18.3 Å². The number of hydrogen-bond acceptors (Lipinski definition) is 5. The molecular weight excluding hydrogens is 400 g/mol. The van der Waals surface area contributed by atoms with Crippen LogP contribution >= 0.6 is 0 Å². The molecule has 2 aliphatic carbocycles. The van der Waals surface area contributed by atoms with Gasteiger partial charge in [-0.2, -0.15) is 4.31 Å². The van der Waals surface area contributed by atoms with E-state index in [4.69, 9.17) is 4.74 Å². The summed E-state index contributed by atoms with van der Waals surface area (Å²) >= 11 is 0. The van der Waals surface area contributed by atoms with Crippen molar-refractivity contribution in [3.8, 4) is 0 Å². The second-order valence-electron chi connectivity index (χ2n) is 9.25. The SMILES string of the molecule is COC1=CC2C(=C=O)CC1(CS(=O)(=O)N1CCN(c3ccccc3C)CC1)C2(C)C. The highest BCUT2D eigenvalue weighted by Gasteiger charge is 2.65. The van der Waals surface area contributed by atoms with E-state index < -0.39 is 20.9 Å². The Hall–Kier alpha value is -2.08. The molecule has 2 fully saturated rings. The molecule has 0 aromatic heterocycles. The average molecular weight is 431 g/mol. The van der Waals surface area contributed by atoms with Crippen molar-refractivity contribution in [3.05, 3.63) is 47.2 Å². The molecule has 7 heteroatoms. The average Bonchev–Trinajstić information content (AvgIpc) is 3.06. The van der Waals surface area contributed by atoms with Gasteiger partial charge >= 0.3 is 0 Å². The first-order valence-corrected chi connectivity index (χ1v) is 12.1. The summed E-state index contributed by atoms with van der Waals surface area (Å²) in [5.41, 5.74) is 1.89. The number of nitrogens with zero attached hydrogens (tertiary/aromatic N) is 2. The Bertz CT molecular complexity index is 1030. The van der Waals surface area contributed by atoms with Crippen molar-refractivity contribution in [1.82, 2.24) is 4.31 Å². The lowest BCUT2D eigenvalue weighted by molar-refractivity contribution is 0.103. The third-order valence-corrected chi connectivity index (χ3v) is 9.55. The molecule has 1 aromatic rings. The summed E-state index contributed by atoms with van der Waals surface area (Å²) in [5.74, 6) is 2.60. The lowest BCUT2D eigenvalue weighted by atomic mass is 9.69. The highest BCUT2D eigenvalue weighted by atomic mass is 32.2. The van der Waals surface area contributed by atoms with Gasteiger partial charge in [-0.25, -0.2) is 13.2 Å². The van der Waals surface area contributed by atoms with Crippen molar-refractivity contribution < 1.29 is 17.9 Å². The predicted molar refractivity (Wildman–Crippen MR) is 117 cm³/mol. The molecule has 162 valence electrons. The lowest BCUT2D eigenvalue weighted by Crippen LogP contribution is -2.52. The number of aryl methyl sites for hydroxylation is 1. The molecule has 1 heterocycles. The fourth-order valence-corrected chi connectivity index (χ4v) is 7.76. The smallest absolute Gasteiger partial charge is 0.215 e. The zero-order valence-electron chi connectivity index (χ0n) is 18.1. The molecule has 3 aliphatic rings. The van der Waals surface area contributed by atoms with Crippen LogP contribution in [0.15, 0.2) is 41.7 Å². The van der Waals surface area contributed by atoms with Gasteiger partial charge in [-0.15, -0.1) is 0 Å². The van der Waals surface area contributed by atoms with E-state index in [0.29, 0.717) is 43.9 Å². The number of carbonyl (C=O) groups excluding carboxylic acids is 1. The Morgan fingerprint density at radius 1 is 1.17 bits per heavy atom. The van der Waals surface area contributed by atoms with E-state index in [1.807, 2.05) is 32.1 Å². The van der Waals surface area contributed by atoms with Crippen LogP contribution in [0.1, 0.15) is 25.8 Å². The number of anilines is 1. The Kier molecular flexibility index (Phi) is 5.12. The minimum absolute atomic E-state index is 0.0429. The van der Waals surface area contributed by atoms with Crippen LogP contribution in [-0.4, -0.2) is 57.7 Å². The second-order valence-corrected chi connectivity index (χ2v) is 11.2. The Balaban J connectivity index is 1.55. The fourth-order valence-electron chi connectivity index (χ4n) is 5.62. The van der Waals surface area contributed by atoms with Crippen molar-refractivity contribution >= 4 is 21.7 Å². The summed E-state index contributed by atoms with van der Waals surface area (Å²) in [7, 11) is -1.94. The van der Waals surface area contributed by atoms with E-state index in [2.05, 4.69) is 29.9 Å². The standard InChI is InChI=1S/C23H30N2O4S/c1-17-7-5-6-8-20(17)24-9-11-25(12-10-24)30(27,28)16-23-14-18(15-26)19(22(23,2)3)13-21(23)29-4/h5-8,13,19H,9-12,14,16H2,1-4H3. The van der Waals surface area contributed by atoms with Crippen LogP contribution in [0.25, 0.3) is 0 Å². The predicted octanol–water partition coefficient (Wildman–Crippen LogP) is 2.78. The normalized spacial score (nSPS) is 28.4. The molecule has 6 nitrogen and oxygen atoms in total. The molecule has 2 atom stereocenters. The summed E-state index contributed by atoms with van der Waals surface area (Å²) in [6, 6.07) is 8.19. The van der Waals surface area contributed by atoms with E-state index in [0.717, 1.165) is 5.69 Å². The van der Waals surface area contributed by atoms with Crippen molar-refractivity contribution in [1.29, 1.82) is 0 Å². The van der Waals surface area contributed by atoms with Crippen molar-refractivity contribution in [3.63, 3.8) is 0 Å². The van der Waals surface area contributed by atoms with Crippen LogP contribution < -0.4 is 4.90 Å². The minimum atomic E-state index is -3.53. The van der Waals surface area contributed by atoms with Crippen molar-refractivity contribution in [2.24, 2.45) is 16.7 Å². The first-order valence-electron chi connectivity index (χ1n) is 10.4. The van der Waals surface area contributed by atoms with E-state index in [9.17, 15) is 13.2 Å². The zero-order valence-corrected chi connectivity index (χ0v) is 19.0. The van der Waals surface area contributed by atoms with Gasteiger partial charge in [0.15, 0.2) is 0 Å². The molecular formula is C23H30N2O4S. The summed E-state index contributed by atoms with van der Waals surface area (Å²) in [6.07, 6.45) is 2.33. The topological polar surface area (TPSA) is 66.9 Å². The van der Waals surface area contributed by atoms with Crippen molar-refractivity contribution in [2.45, 2.75) is 27.2 Å². The number of methoxy groups -OCH3 is 1. The van der Waals surface area contributed by atoms with E-state index in [1.165, 1.54) is 5.56 Å². The molecule has 2 unspecified atom stereocenters. The highest BCUT2D eigenvalue weighted by Crippen LogP contribution is 2.67. The third-order valence-electron chi connectivity index (χ3n) is 7.54. The molecule has 1 aromatic carbocycles. The molecule has 0 radical (unpaired) electrons. The van der Waals surface area contributed by atoms with Gasteiger partial charge in [-0.05, 0) is 36.5 Å². The van der Waals surface area contributed by atoms with Gasteiger partial charge in [-0.1, -0.05) is 32.0 Å². The number of ether oxygens (including phenoxy) is 1. The Morgan fingerprint density at radius 3 is 2.43 bits per heavy atom. The number of hydrogen-bond donors (Lipinski definition) is 0. The van der Waals surface area contributed by atoms with Crippen LogP contribution in [-0.2, 0) is 19.6 Å². The Morgan fingerprint density at radius 2 is 1.83 bits per heavy atom. The zero-order chi connectivity index (χ0) is 21.7. The second kappa shape index (κ2) is 7.26. The van der Waals surface area contributed by atoms with Crippen LogP contribution in [0.2, 0.25) is 0 Å². The number of sulfonamides is 1. The highest BCUT2D eigenvalue weighted by molar-refractivity contribution is 7.89. The molecule has 0 N–H and O–H groups in total. The number of para-hydroxylation sites is 1. The molecule has 1 saturated heterocycles. The quantitative estimate of drug-likeness (QED) is 0.672. The summed E-state index contributed by atoms with van der Waals surface area (Å²) in [5, 5.41) is 0. The maximum atomic E-state index is 13.5. The molecule has 1 aliphatic heterocycles. The largest absolute Gasteiger partial charge is 0.501 e. The molecule has 30 heavy (non-hydrogen) atoms. The summed E-state index contributed by atoms with van der Waals surface area (Å²) in [6.45, 7) is 8.39. The maximum Gasteiger partial charge on any atom is 0.215 e. The number of benzene rings is 1. The molecule has 2 bridgehead atoms. The number of piperazine rings is 1. The van der Waals surface area contributed by atoms with Crippen LogP contribution in [0.3, 0.4) is 0 Å². The van der Waals surface area contributed by atoms with Gasteiger partial charge in [0.1, 0.15) is 11.7 Å². The molecule has 4 rings (SSSR count). The fraction of sp³-hybridized carbons (Fsp3) is 0.565. The number of fused-ring (bicyclic) bond motifs is 2. The maximum absolute atomic E-state index is 13.5. The number of allylic oxidation sites excluding steroid dienone is 3. The summed E-state index contributed by atoms with van der Waals surface area (Å²) in [4.78, 5) is 13.7. The Labute approximate surface area is 179 Å². The molecule has 1 saturated carbocycles. The van der Waals surface area contributed by atoms with Crippen LogP contribution in [0.4, 0.5) is 5.69 Å². The van der Waals surface area contributed by atoms with Gasteiger partial charge in [-0.3, -0.25) is 0 Å². The first kappa shape index (κ1) is 21.2. The summed E-state index contributed by atoms with van der Waals surface area (Å²) < 4.78 is 34.2. The van der Waals surface area contributed by atoms with E-state index in [-0.39, 0.29) is 11.7 Å². The monoisotopic (exact) mass is 430 g/mol. The third kappa shape index (κ3) is 3.03.